The number of hydrogen-bond acceptors (Lipinski definition) is 2. The van der Waals surface area contributed by atoms with Gasteiger partial charge >= 0.3 is 0 Å². The van der Waals surface area contributed by atoms with E-state index in [4.69, 9.17) is 0 Å². The third-order valence-electron chi connectivity index (χ3n) is 3.82. The van der Waals surface area contributed by atoms with E-state index < -0.39 is 0 Å². The average Bonchev–Trinajstić information content (AvgIpc) is 2.81. The summed E-state index contributed by atoms with van der Waals surface area (Å²) in [7, 11) is 0. The van der Waals surface area contributed by atoms with Crippen LogP contribution in [0.25, 0.3) is 0 Å². The lowest BCUT2D eigenvalue weighted by atomic mass is 9.93. The molecule has 0 bridgehead atoms. The molecule has 1 aliphatic carbocycles. The van der Waals surface area contributed by atoms with Crippen molar-refractivity contribution in [1.29, 1.82) is 0 Å². The molecule has 1 atom stereocenters. The lowest BCUT2D eigenvalue weighted by molar-refractivity contribution is 0.400. The maximum absolute atomic E-state index is 4.29. The summed E-state index contributed by atoms with van der Waals surface area (Å²) < 4.78 is 0. The van der Waals surface area contributed by atoms with Crippen molar-refractivity contribution < 1.29 is 0 Å². The Labute approximate surface area is 105 Å². The summed E-state index contributed by atoms with van der Waals surface area (Å²) in [5.74, 6) is 0.924. The molecule has 1 fully saturated rings. The lowest BCUT2D eigenvalue weighted by Gasteiger charge is -2.22. The Morgan fingerprint density at radius 3 is 2.82 bits per heavy atom. The van der Waals surface area contributed by atoms with E-state index in [2.05, 4.69) is 36.3 Å². The zero-order valence-electron chi connectivity index (χ0n) is 11.1. The van der Waals surface area contributed by atoms with Crippen molar-refractivity contribution >= 4 is 0 Å². The third-order valence-corrected chi connectivity index (χ3v) is 3.82. The normalized spacial score (nSPS) is 18.5. The second-order valence-corrected chi connectivity index (χ2v) is 5.23. The fourth-order valence-electron chi connectivity index (χ4n) is 2.95. The molecule has 0 saturated heterocycles. The highest BCUT2D eigenvalue weighted by atomic mass is 14.9. The van der Waals surface area contributed by atoms with Gasteiger partial charge in [-0.15, -0.1) is 0 Å². The molecule has 0 radical (unpaired) electrons. The van der Waals surface area contributed by atoms with Crippen molar-refractivity contribution in [2.45, 2.75) is 52.0 Å². The first-order valence-electron chi connectivity index (χ1n) is 6.95. The van der Waals surface area contributed by atoms with Crippen molar-refractivity contribution in [3.8, 4) is 0 Å². The molecule has 1 unspecified atom stereocenters. The van der Waals surface area contributed by atoms with E-state index in [-0.39, 0.29) is 0 Å². The largest absolute Gasteiger partial charge is 0.310 e. The molecule has 17 heavy (non-hydrogen) atoms. The molecule has 0 spiro atoms. The molecule has 2 rings (SSSR count). The number of nitrogens with zero attached hydrogens (tertiary/aromatic N) is 1. The lowest BCUT2D eigenvalue weighted by Crippen LogP contribution is -2.23. The smallest absolute Gasteiger partial charge is 0.0375 e. The first-order chi connectivity index (χ1) is 8.29. The van der Waals surface area contributed by atoms with Crippen LogP contribution in [0.2, 0.25) is 0 Å². The molecule has 0 aliphatic heterocycles. The van der Waals surface area contributed by atoms with E-state index in [1.807, 2.05) is 6.20 Å². The summed E-state index contributed by atoms with van der Waals surface area (Å²) in [5, 5.41) is 3.63. The fourth-order valence-corrected chi connectivity index (χ4v) is 2.95. The predicted molar refractivity (Wildman–Crippen MR) is 72.0 cm³/mol. The number of aromatic nitrogens is 1. The molecule has 0 aromatic carbocycles. The molecule has 0 amide bonds. The summed E-state index contributed by atoms with van der Waals surface area (Å²) in [4.78, 5) is 4.29. The van der Waals surface area contributed by atoms with Crippen LogP contribution >= 0.6 is 0 Å². The molecule has 1 aromatic heterocycles. The Balaban J connectivity index is 2.04. The number of pyridine rings is 1. The Morgan fingerprint density at radius 2 is 2.18 bits per heavy atom. The van der Waals surface area contributed by atoms with Crippen LogP contribution < -0.4 is 5.32 Å². The third kappa shape index (κ3) is 3.53. The van der Waals surface area contributed by atoms with Crippen molar-refractivity contribution in [1.82, 2.24) is 10.3 Å². The van der Waals surface area contributed by atoms with Gasteiger partial charge in [0.1, 0.15) is 0 Å². The highest BCUT2D eigenvalue weighted by Crippen LogP contribution is 2.32. The van der Waals surface area contributed by atoms with E-state index in [0.717, 1.165) is 18.2 Å². The zero-order chi connectivity index (χ0) is 12.1. The molecule has 1 aromatic rings. The van der Waals surface area contributed by atoms with Crippen LogP contribution in [-0.4, -0.2) is 11.5 Å². The first-order valence-corrected chi connectivity index (χ1v) is 6.95. The Kier molecular flexibility index (Phi) is 4.55. The van der Waals surface area contributed by atoms with Gasteiger partial charge in [-0.1, -0.05) is 32.6 Å². The summed E-state index contributed by atoms with van der Waals surface area (Å²) in [6, 6.07) is 4.90. The van der Waals surface area contributed by atoms with Gasteiger partial charge in [-0.3, -0.25) is 4.98 Å². The molecule has 1 saturated carbocycles. The van der Waals surface area contributed by atoms with Gasteiger partial charge in [0.05, 0.1) is 0 Å². The maximum atomic E-state index is 4.29. The maximum Gasteiger partial charge on any atom is 0.0375 e. The van der Waals surface area contributed by atoms with Gasteiger partial charge < -0.3 is 5.32 Å². The van der Waals surface area contributed by atoms with Crippen LogP contribution in [-0.2, 0) is 0 Å². The molecule has 1 aliphatic rings. The Hall–Kier alpha value is -0.890. The number of rotatable bonds is 5. The summed E-state index contributed by atoms with van der Waals surface area (Å²) in [6.45, 7) is 5.30. The standard InChI is InChI=1S/C15H24N2/c1-3-16-15(11-13-6-4-5-7-13)14-8-9-17-12(2)10-14/h8-10,13,15-16H,3-7,11H2,1-2H3. The second kappa shape index (κ2) is 6.15. The molecule has 94 valence electrons. The molecule has 2 nitrogen and oxygen atoms in total. The van der Waals surface area contributed by atoms with Gasteiger partial charge in [0.2, 0.25) is 0 Å². The summed E-state index contributed by atoms with van der Waals surface area (Å²) in [6.07, 6.45) is 8.93. The number of aryl methyl sites for hydroxylation is 1. The number of nitrogens with one attached hydrogen (secondary N) is 1. The first kappa shape index (κ1) is 12.6. The fraction of sp³-hybridized carbons (Fsp3) is 0.667. The van der Waals surface area contributed by atoms with E-state index in [9.17, 15) is 0 Å². The molecule has 1 heterocycles. The monoisotopic (exact) mass is 232 g/mol. The van der Waals surface area contributed by atoms with Gasteiger partial charge in [-0.2, -0.15) is 0 Å². The van der Waals surface area contributed by atoms with Crippen molar-refractivity contribution in [2.24, 2.45) is 5.92 Å². The van der Waals surface area contributed by atoms with Crippen molar-refractivity contribution in [3.63, 3.8) is 0 Å². The minimum atomic E-state index is 0.518. The highest BCUT2D eigenvalue weighted by Gasteiger charge is 2.20. The minimum Gasteiger partial charge on any atom is -0.310 e. The quantitative estimate of drug-likeness (QED) is 0.838. The van der Waals surface area contributed by atoms with Gasteiger partial charge in [0.25, 0.3) is 0 Å². The van der Waals surface area contributed by atoms with Crippen LogP contribution in [0.1, 0.15) is 56.3 Å². The van der Waals surface area contributed by atoms with Crippen LogP contribution in [0.5, 0.6) is 0 Å². The van der Waals surface area contributed by atoms with Gasteiger partial charge in [-0.05, 0) is 43.5 Å². The van der Waals surface area contributed by atoms with E-state index in [0.29, 0.717) is 6.04 Å². The average molecular weight is 232 g/mol. The zero-order valence-corrected chi connectivity index (χ0v) is 11.1. The topological polar surface area (TPSA) is 24.9 Å². The van der Waals surface area contributed by atoms with E-state index in [1.165, 1.54) is 37.7 Å². The molecular formula is C15H24N2. The second-order valence-electron chi connectivity index (χ2n) is 5.23. The minimum absolute atomic E-state index is 0.518. The molecular weight excluding hydrogens is 208 g/mol. The van der Waals surface area contributed by atoms with Crippen LogP contribution in [0, 0.1) is 12.8 Å². The van der Waals surface area contributed by atoms with E-state index in [1.54, 1.807) is 0 Å². The van der Waals surface area contributed by atoms with Crippen LogP contribution in [0.4, 0.5) is 0 Å². The SMILES string of the molecule is CCNC(CC1CCCC1)c1ccnc(C)c1. The summed E-state index contributed by atoms with van der Waals surface area (Å²) >= 11 is 0. The molecule has 2 heteroatoms. The van der Waals surface area contributed by atoms with Crippen LogP contribution in [0.15, 0.2) is 18.3 Å². The highest BCUT2D eigenvalue weighted by molar-refractivity contribution is 5.19. The van der Waals surface area contributed by atoms with Crippen molar-refractivity contribution in [3.05, 3.63) is 29.6 Å². The van der Waals surface area contributed by atoms with Gasteiger partial charge in [0, 0.05) is 17.9 Å². The van der Waals surface area contributed by atoms with Crippen molar-refractivity contribution in [2.75, 3.05) is 6.54 Å². The van der Waals surface area contributed by atoms with Gasteiger partial charge in [0.15, 0.2) is 0 Å². The van der Waals surface area contributed by atoms with Crippen LogP contribution in [0.3, 0.4) is 0 Å². The Bertz CT molecular complexity index is 343. The number of hydrogen-bond donors (Lipinski definition) is 1. The van der Waals surface area contributed by atoms with Gasteiger partial charge in [-0.25, -0.2) is 0 Å². The summed E-state index contributed by atoms with van der Waals surface area (Å²) in [5.41, 5.74) is 2.53. The Morgan fingerprint density at radius 1 is 1.41 bits per heavy atom. The molecule has 1 N–H and O–H groups in total. The predicted octanol–water partition coefficient (Wildman–Crippen LogP) is 3.62. The van der Waals surface area contributed by atoms with E-state index >= 15 is 0 Å².